The lowest BCUT2D eigenvalue weighted by Gasteiger charge is -2.13. The number of aromatic nitrogens is 1. The maximum atomic E-state index is 11.9. The average molecular weight is 275 g/mol. The Bertz CT molecular complexity index is 557. The van der Waals surface area contributed by atoms with Crippen LogP contribution in [0.2, 0.25) is 5.15 Å². The van der Waals surface area contributed by atoms with Crippen LogP contribution in [0, 0.1) is 0 Å². The number of hydrogen-bond acceptors (Lipinski definition) is 2. The second-order valence-electron chi connectivity index (χ2n) is 4.39. The predicted octanol–water partition coefficient (Wildman–Crippen LogP) is 3.27. The van der Waals surface area contributed by atoms with E-state index in [0.29, 0.717) is 17.3 Å². The highest BCUT2D eigenvalue weighted by atomic mass is 35.5. The number of rotatable bonds is 4. The van der Waals surface area contributed by atoms with E-state index >= 15 is 0 Å². The molecule has 1 unspecified atom stereocenters. The first kappa shape index (κ1) is 13.6. The molecule has 0 aliphatic carbocycles. The minimum Gasteiger partial charge on any atom is -0.351 e. The van der Waals surface area contributed by atoms with Crippen molar-refractivity contribution in [2.75, 3.05) is 6.54 Å². The highest BCUT2D eigenvalue weighted by Gasteiger charge is 2.09. The first-order valence-corrected chi connectivity index (χ1v) is 6.49. The van der Waals surface area contributed by atoms with Crippen LogP contribution in [0.5, 0.6) is 0 Å². The highest BCUT2D eigenvalue weighted by Crippen LogP contribution is 2.13. The van der Waals surface area contributed by atoms with Gasteiger partial charge in [-0.05, 0) is 23.6 Å². The van der Waals surface area contributed by atoms with Crippen molar-refractivity contribution in [2.24, 2.45) is 0 Å². The summed E-state index contributed by atoms with van der Waals surface area (Å²) in [7, 11) is 0. The molecule has 98 valence electrons. The van der Waals surface area contributed by atoms with Crippen LogP contribution < -0.4 is 5.32 Å². The molecule has 4 heteroatoms. The van der Waals surface area contributed by atoms with Gasteiger partial charge in [-0.1, -0.05) is 48.9 Å². The van der Waals surface area contributed by atoms with Gasteiger partial charge in [0.05, 0.1) is 0 Å². The number of amides is 1. The smallest absolute Gasteiger partial charge is 0.251 e. The summed E-state index contributed by atoms with van der Waals surface area (Å²) in [4.78, 5) is 15.8. The van der Waals surface area contributed by atoms with Gasteiger partial charge in [-0.2, -0.15) is 0 Å². The third-order valence-corrected chi connectivity index (χ3v) is 3.13. The van der Waals surface area contributed by atoms with Crippen molar-refractivity contribution in [1.82, 2.24) is 10.3 Å². The Hall–Kier alpha value is -1.87. The van der Waals surface area contributed by atoms with E-state index < -0.39 is 0 Å². The van der Waals surface area contributed by atoms with Crippen molar-refractivity contribution < 1.29 is 4.79 Å². The van der Waals surface area contributed by atoms with Gasteiger partial charge >= 0.3 is 0 Å². The molecule has 19 heavy (non-hydrogen) atoms. The molecule has 1 heterocycles. The number of benzene rings is 1. The minimum absolute atomic E-state index is 0.132. The zero-order valence-corrected chi connectivity index (χ0v) is 11.4. The topological polar surface area (TPSA) is 42.0 Å². The van der Waals surface area contributed by atoms with Crippen LogP contribution in [0.4, 0.5) is 0 Å². The summed E-state index contributed by atoms with van der Waals surface area (Å²) in [5.74, 6) is 0.134. The van der Waals surface area contributed by atoms with Crippen LogP contribution in [0.1, 0.15) is 28.8 Å². The van der Waals surface area contributed by atoms with Crippen molar-refractivity contribution in [3.63, 3.8) is 0 Å². The van der Waals surface area contributed by atoms with E-state index in [0.717, 1.165) is 0 Å². The van der Waals surface area contributed by atoms with E-state index in [4.69, 9.17) is 11.6 Å². The summed E-state index contributed by atoms with van der Waals surface area (Å²) >= 11 is 5.76. The molecule has 2 aromatic rings. The molecule has 0 spiro atoms. The van der Waals surface area contributed by atoms with Gasteiger partial charge in [0.15, 0.2) is 0 Å². The van der Waals surface area contributed by atoms with E-state index in [1.165, 1.54) is 11.8 Å². The Morgan fingerprint density at radius 2 is 2.05 bits per heavy atom. The summed E-state index contributed by atoms with van der Waals surface area (Å²) in [6.45, 7) is 2.66. The van der Waals surface area contributed by atoms with E-state index in [-0.39, 0.29) is 11.8 Å². The molecule has 1 N–H and O–H groups in total. The van der Waals surface area contributed by atoms with Crippen LogP contribution in [0.3, 0.4) is 0 Å². The molecular formula is C15H15ClN2O. The zero-order chi connectivity index (χ0) is 13.7. The molecule has 1 amide bonds. The Morgan fingerprint density at radius 3 is 2.74 bits per heavy atom. The number of carbonyl (C=O) groups excluding carboxylic acids is 1. The van der Waals surface area contributed by atoms with Crippen molar-refractivity contribution >= 4 is 17.5 Å². The van der Waals surface area contributed by atoms with Gasteiger partial charge in [0, 0.05) is 18.3 Å². The fraction of sp³-hybridized carbons (Fsp3) is 0.200. The quantitative estimate of drug-likeness (QED) is 0.870. The first-order chi connectivity index (χ1) is 9.16. The van der Waals surface area contributed by atoms with Crippen LogP contribution >= 0.6 is 11.6 Å². The second kappa shape index (κ2) is 6.34. The maximum Gasteiger partial charge on any atom is 0.251 e. The normalized spacial score (nSPS) is 11.9. The Morgan fingerprint density at radius 1 is 1.32 bits per heavy atom. The monoisotopic (exact) mass is 274 g/mol. The number of carbonyl (C=O) groups is 1. The number of halogens is 1. The largest absolute Gasteiger partial charge is 0.351 e. The number of hydrogen-bond donors (Lipinski definition) is 1. The van der Waals surface area contributed by atoms with E-state index in [1.807, 2.05) is 18.2 Å². The maximum absolute atomic E-state index is 11.9. The van der Waals surface area contributed by atoms with Gasteiger partial charge in [0.1, 0.15) is 5.15 Å². The van der Waals surface area contributed by atoms with Gasteiger partial charge in [-0.15, -0.1) is 0 Å². The zero-order valence-electron chi connectivity index (χ0n) is 10.6. The minimum atomic E-state index is -0.132. The lowest BCUT2D eigenvalue weighted by atomic mass is 10.0. The van der Waals surface area contributed by atoms with Crippen molar-refractivity contribution in [3.05, 3.63) is 64.9 Å². The third kappa shape index (κ3) is 3.80. The van der Waals surface area contributed by atoms with Gasteiger partial charge in [0.25, 0.3) is 5.91 Å². The van der Waals surface area contributed by atoms with Crippen LogP contribution in [0.25, 0.3) is 0 Å². The Kier molecular flexibility index (Phi) is 4.53. The summed E-state index contributed by atoms with van der Waals surface area (Å²) in [5, 5.41) is 3.22. The molecule has 0 saturated carbocycles. The van der Waals surface area contributed by atoms with E-state index in [2.05, 4.69) is 29.4 Å². The lowest BCUT2D eigenvalue weighted by Crippen LogP contribution is -2.27. The Labute approximate surface area is 117 Å². The summed E-state index contributed by atoms with van der Waals surface area (Å²) in [5.41, 5.74) is 1.73. The lowest BCUT2D eigenvalue weighted by molar-refractivity contribution is 0.0951. The highest BCUT2D eigenvalue weighted by molar-refractivity contribution is 6.29. The predicted molar refractivity (Wildman–Crippen MR) is 76.4 cm³/mol. The molecular weight excluding hydrogens is 260 g/mol. The van der Waals surface area contributed by atoms with Gasteiger partial charge in [-0.3, -0.25) is 4.79 Å². The number of nitrogens with zero attached hydrogens (tertiary/aromatic N) is 1. The number of pyridine rings is 1. The van der Waals surface area contributed by atoms with Crippen molar-refractivity contribution in [2.45, 2.75) is 12.8 Å². The fourth-order valence-electron chi connectivity index (χ4n) is 1.79. The van der Waals surface area contributed by atoms with Crippen LogP contribution in [-0.4, -0.2) is 17.4 Å². The van der Waals surface area contributed by atoms with E-state index in [9.17, 15) is 4.79 Å². The molecule has 0 bridgehead atoms. The summed E-state index contributed by atoms with van der Waals surface area (Å²) in [6, 6.07) is 13.3. The molecule has 1 aromatic carbocycles. The second-order valence-corrected chi connectivity index (χ2v) is 4.78. The standard InChI is InChI=1S/C15H15ClN2O/c1-11(12-5-3-2-4-6-12)10-18-15(19)13-7-8-17-14(16)9-13/h2-9,11H,10H2,1H3,(H,18,19). The van der Waals surface area contributed by atoms with Gasteiger partial charge in [0.2, 0.25) is 0 Å². The molecule has 1 aromatic heterocycles. The molecule has 0 fully saturated rings. The molecule has 0 aliphatic heterocycles. The van der Waals surface area contributed by atoms with Gasteiger partial charge < -0.3 is 5.32 Å². The third-order valence-electron chi connectivity index (χ3n) is 2.93. The molecule has 2 rings (SSSR count). The fourth-order valence-corrected chi connectivity index (χ4v) is 1.96. The molecule has 3 nitrogen and oxygen atoms in total. The first-order valence-electron chi connectivity index (χ1n) is 6.11. The van der Waals surface area contributed by atoms with Crippen LogP contribution in [-0.2, 0) is 0 Å². The van der Waals surface area contributed by atoms with Crippen molar-refractivity contribution in [3.8, 4) is 0 Å². The molecule has 0 radical (unpaired) electrons. The Balaban J connectivity index is 1.94. The van der Waals surface area contributed by atoms with Crippen LogP contribution in [0.15, 0.2) is 48.7 Å². The number of nitrogens with one attached hydrogen (secondary N) is 1. The molecule has 1 atom stereocenters. The average Bonchev–Trinajstić information content (AvgIpc) is 2.45. The molecule has 0 saturated heterocycles. The van der Waals surface area contributed by atoms with E-state index in [1.54, 1.807) is 12.1 Å². The van der Waals surface area contributed by atoms with Gasteiger partial charge in [-0.25, -0.2) is 4.98 Å². The molecule has 0 aliphatic rings. The summed E-state index contributed by atoms with van der Waals surface area (Å²) in [6.07, 6.45) is 1.53. The summed E-state index contributed by atoms with van der Waals surface area (Å²) < 4.78 is 0. The SMILES string of the molecule is CC(CNC(=O)c1ccnc(Cl)c1)c1ccccc1. The van der Waals surface area contributed by atoms with Crippen molar-refractivity contribution in [1.29, 1.82) is 0 Å².